The molecule has 0 aliphatic rings. The summed E-state index contributed by atoms with van der Waals surface area (Å²) < 4.78 is 5.08. The van der Waals surface area contributed by atoms with E-state index in [1.165, 1.54) is 0 Å². The van der Waals surface area contributed by atoms with Crippen molar-refractivity contribution < 1.29 is 9.84 Å². The highest BCUT2D eigenvalue weighted by molar-refractivity contribution is 6.28. The Labute approximate surface area is 116 Å². The van der Waals surface area contributed by atoms with Crippen LogP contribution in [-0.4, -0.2) is 48.5 Å². The number of hydrogen-bond acceptors (Lipinski definition) is 5. The van der Waals surface area contributed by atoms with Gasteiger partial charge in [0.1, 0.15) is 5.82 Å². The third kappa shape index (κ3) is 3.32. The van der Waals surface area contributed by atoms with Crippen molar-refractivity contribution in [2.45, 2.75) is 0 Å². The maximum Gasteiger partial charge on any atom is 0.224 e. The first-order valence-electron chi connectivity index (χ1n) is 6.03. The Morgan fingerprint density at radius 3 is 2.79 bits per heavy atom. The number of fused-ring (bicyclic) bond motifs is 1. The molecule has 0 unspecified atom stereocenters. The van der Waals surface area contributed by atoms with Crippen LogP contribution in [0.1, 0.15) is 0 Å². The lowest BCUT2D eigenvalue weighted by molar-refractivity contribution is 0.202. The van der Waals surface area contributed by atoms with Crippen molar-refractivity contribution >= 4 is 28.3 Å². The second kappa shape index (κ2) is 6.65. The summed E-state index contributed by atoms with van der Waals surface area (Å²) >= 11 is 5.96. The van der Waals surface area contributed by atoms with Gasteiger partial charge in [-0.05, 0) is 23.7 Å². The summed E-state index contributed by atoms with van der Waals surface area (Å²) in [6.07, 6.45) is 0. The lowest BCUT2D eigenvalue weighted by Crippen LogP contribution is -2.31. The normalized spacial score (nSPS) is 10.9. The molecule has 1 N–H and O–H groups in total. The molecule has 102 valence electrons. The monoisotopic (exact) mass is 281 g/mol. The van der Waals surface area contributed by atoms with E-state index < -0.39 is 0 Å². The van der Waals surface area contributed by atoms with E-state index in [-0.39, 0.29) is 11.9 Å². The standard InChI is InChI=1S/C13H16ClN3O2/c1-19-9-7-17(6-8-18)12-10-4-2-3-5-11(10)15-13(14)16-12/h2-5,18H,6-9H2,1H3. The predicted molar refractivity (Wildman–Crippen MR) is 75.7 cm³/mol. The van der Waals surface area contributed by atoms with Gasteiger partial charge in [-0.15, -0.1) is 0 Å². The van der Waals surface area contributed by atoms with Crippen LogP contribution in [0.5, 0.6) is 0 Å². The van der Waals surface area contributed by atoms with Crippen LogP contribution < -0.4 is 4.90 Å². The SMILES string of the molecule is COCCN(CCO)c1nc(Cl)nc2ccccc12. The van der Waals surface area contributed by atoms with Crippen LogP contribution in [0.2, 0.25) is 5.28 Å². The quantitative estimate of drug-likeness (QED) is 0.817. The number of aromatic nitrogens is 2. The first kappa shape index (κ1) is 14.0. The molecule has 0 saturated heterocycles. The highest BCUT2D eigenvalue weighted by Crippen LogP contribution is 2.24. The summed E-state index contributed by atoms with van der Waals surface area (Å²) in [4.78, 5) is 10.4. The number of ether oxygens (including phenoxy) is 1. The molecular formula is C13H16ClN3O2. The zero-order valence-corrected chi connectivity index (χ0v) is 11.5. The lowest BCUT2D eigenvalue weighted by Gasteiger charge is -2.23. The van der Waals surface area contributed by atoms with Crippen molar-refractivity contribution in [2.75, 3.05) is 38.3 Å². The third-order valence-corrected chi connectivity index (χ3v) is 2.96. The van der Waals surface area contributed by atoms with Gasteiger partial charge in [-0.1, -0.05) is 12.1 Å². The van der Waals surface area contributed by atoms with E-state index in [4.69, 9.17) is 16.3 Å². The van der Waals surface area contributed by atoms with Gasteiger partial charge in [0, 0.05) is 25.6 Å². The second-order valence-electron chi connectivity index (χ2n) is 4.04. The molecular weight excluding hydrogens is 266 g/mol. The zero-order valence-electron chi connectivity index (χ0n) is 10.7. The molecule has 0 saturated carbocycles. The fraction of sp³-hybridized carbons (Fsp3) is 0.385. The fourth-order valence-corrected chi connectivity index (χ4v) is 2.09. The van der Waals surface area contributed by atoms with Crippen LogP contribution in [0, 0.1) is 0 Å². The molecule has 0 amide bonds. The van der Waals surface area contributed by atoms with Crippen molar-refractivity contribution in [3.63, 3.8) is 0 Å². The Bertz CT molecular complexity index is 550. The molecule has 2 aromatic rings. The molecule has 2 rings (SSSR count). The Morgan fingerprint density at radius 2 is 2.05 bits per heavy atom. The van der Waals surface area contributed by atoms with Crippen molar-refractivity contribution in [1.82, 2.24) is 9.97 Å². The van der Waals surface area contributed by atoms with Gasteiger partial charge in [0.15, 0.2) is 0 Å². The number of nitrogens with zero attached hydrogens (tertiary/aromatic N) is 3. The number of anilines is 1. The number of halogens is 1. The maximum atomic E-state index is 9.18. The van der Waals surface area contributed by atoms with Crippen molar-refractivity contribution in [1.29, 1.82) is 0 Å². The van der Waals surface area contributed by atoms with Crippen molar-refractivity contribution in [3.8, 4) is 0 Å². The van der Waals surface area contributed by atoms with E-state index in [0.29, 0.717) is 19.7 Å². The summed E-state index contributed by atoms with van der Waals surface area (Å²) in [6, 6.07) is 7.66. The van der Waals surface area contributed by atoms with Crippen LogP contribution in [-0.2, 0) is 4.74 Å². The number of rotatable bonds is 6. The van der Waals surface area contributed by atoms with Crippen LogP contribution in [0.4, 0.5) is 5.82 Å². The molecule has 0 aliphatic heterocycles. The van der Waals surface area contributed by atoms with Gasteiger partial charge in [0.25, 0.3) is 0 Å². The summed E-state index contributed by atoms with van der Waals surface area (Å²) in [7, 11) is 1.64. The molecule has 0 bridgehead atoms. The Hall–Kier alpha value is -1.43. The van der Waals surface area contributed by atoms with E-state index in [1.54, 1.807) is 7.11 Å². The van der Waals surface area contributed by atoms with Gasteiger partial charge in [0.2, 0.25) is 5.28 Å². The average molecular weight is 282 g/mol. The maximum absolute atomic E-state index is 9.18. The van der Waals surface area contributed by atoms with E-state index in [2.05, 4.69) is 9.97 Å². The number of methoxy groups -OCH3 is 1. The first-order chi connectivity index (χ1) is 9.26. The zero-order chi connectivity index (χ0) is 13.7. The van der Waals surface area contributed by atoms with Crippen molar-refractivity contribution in [3.05, 3.63) is 29.5 Å². The van der Waals surface area contributed by atoms with Gasteiger partial charge >= 0.3 is 0 Å². The minimum atomic E-state index is 0.0413. The molecule has 0 fully saturated rings. The number of para-hydroxylation sites is 1. The fourth-order valence-electron chi connectivity index (χ4n) is 1.92. The molecule has 0 aliphatic carbocycles. The summed E-state index contributed by atoms with van der Waals surface area (Å²) in [5.74, 6) is 0.724. The largest absolute Gasteiger partial charge is 0.395 e. The Morgan fingerprint density at radius 1 is 1.26 bits per heavy atom. The predicted octanol–water partition coefficient (Wildman–Crippen LogP) is 1.73. The minimum Gasteiger partial charge on any atom is -0.395 e. The summed E-state index contributed by atoms with van der Waals surface area (Å²) in [5.41, 5.74) is 0.790. The topological polar surface area (TPSA) is 58.5 Å². The number of aliphatic hydroxyl groups excluding tert-OH is 1. The molecule has 19 heavy (non-hydrogen) atoms. The van der Waals surface area contributed by atoms with Gasteiger partial charge in [-0.2, -0.15) is 4.98 Å². The minimum absolute atomic E-state index is 0.0413. The molecule has 6 heteroatoms. The van der Waals surface area contributed by atoms with Gasteiger partial charge in [0.05, 0.1) is 18.7 Å². The first-order valence-corrected chi connectivity index (χ1v) is 6.41. The lowest BCUT2D eigenvalue weighted by atomic mass is 10.2. The van der Waals surface area contributed by atoms with Crippen LogP contribution in [0.15, 0.2) is 24.3 Å². The third-order valence-electron chi connectivity index (χ3n) is 2.79. The van der Waals surface area contributed by atoms with E-state index >= 15 is 0 Å². The molecule has 5 nitrogen and oxygen atoms in total. The van der Waals surface area contributed by atoms with Crippen LogP contribution >= 0.6 is 11.6 Å². The molecule has 1 aromatic heterocycles. The molecule has 0 atom stereocenters. The molecule has 0 radical (unpaired) electrons. The van der Waals surface area contributed by atoms with E-state index in [0.717, 1.165) is 16.7 Å². The molecule has 1 aromatic carbocycles. The number of aliphatic hydroxyl groups is 1. The Kier molecular flexibility index (Phi) is 4.90. The average Bonchev–Trinajstić information content (AvgIpc) is 2.42. The van der Waals surface area contributed by atoms with E-state index in [9.17, 15) is 5.11 Å². The molecule has 0 spiro atoms. The molecule has 1 heterocycles. The van der Waals surface area contributed by atoms with Crippen LogP contribution in [0.3, 0.4) is 0 Å². The van der Waals surface area contributed by atoms with Crippen molar-refractivity contribution in [2.24, 2.45) is 0 Å². The number of hydrogen-bond donors (Lipinski definition) is 1. The summed E-state index contributed by atoms with van der Waals surface area (Å²) in [6.45, 7) is 1.70. The Balaban J connectivity index is 2.45. The van der Waals surface area contributed by atoms with Gasteiger partial charge in [-0.25, -0.2) is 4.98 Å². The van der Waals surface area contributed by atoms with Crippen LogP contribution in [0.25, 0.3) is 10.9 Å². The van der Waals surface area contributed by atoms with Gasteiger partial charge in [-0.3, -0.25) is 0 Å². The van der Waals surface area contributed by atoms with E-state index in [1.807, 2.05) is 29.2 Å². The highest BCUT2D eigenvalue weighted by Gasteiger charge is 2.13. The smallest absolute Gasteiger partial charge is 0.224 e. The van der Waals surface area contributed by atoms with Gasteiger partial charge < -0.3 is 14.7 Å². The number of benzene rings is 1. The summed E-state index contributed by atoms with van der Waals surface area (Å²) in [5, 5.41) is 10.3. The second-order valence-corrected chi connectivity index (χ2v) is 4.37. The highest BCUT2D eigenvalue weighted by atomic mass is 35.5.